The maximum absolute atomic E-state index is 4.67. The van der Waals surface area contributed by atoms with Gasteiger partial charge in [-0.1, -0.05) is 17.3 Å². The number of rotatable bonds is 4. The van der Waals surface area contributed by atoms with Crippen molar-refractivity contribution < 1.29 is 0 Å². The average Bonchev–Trinajstić information content (AvgIpc) is 3.68. The second-order valence-electron chi connectivity index (χ2n) is 9.45. The van der Waals surface area contributed by atoms with Gasteiger partial charge in [0.2, 0.25) is 0 Å². The van der Waals surface area contributed by atoms with Gasteiger partial charge in [-0.15, -0.1) is 5.10 Å². The Kier molecular flexibility index (Phi) is 4.95. The van der Waals surface area contributed by atoms with Crippen molar-refractivity contribution in [3.8, 4) is 28.2 Å². The zero-order valence-corrected chi connectivity index (χ0v) is 19.4. The monoisotopic (exact) mass is 465 g/mol. The summed E-state index contributed by atoms with van der Waals surface area (Å²) in [5, 5.41) is 29.1. The molecule has 9 nitrogen and oxygen atoms in total. The first kappa shape index (κ1) is 20.5. The molecule has 176 valence electrons. The number of hydrogen-bond acceptors (Lipinski definition) is 6. The van der Waals surface area contributed by atoms with Crippen molar-refractivity contribution in [2.45, 2.75) is 31.8 Å². The molecule has 0 amide bonds. The molecule has 9 heteroatoms. The lowest BCUT2D eigenvalue weighted by molar-refractivity contribution is 0.343. The largest absolute Gasteiger partial charge is 0.317 e. The Hall–Kier alpha value is -3.82. The molecule has 0 atom stereocenters. The smallest absolute Gasteiger partial charge is 0.134 e. The van der Waals surface area contributed by atoms with Crippen LogP contribution < -0.4 is 10.6 Å². The number of aromatic amines is 1. The highest BCUT2D eigenvalue weighted by atomic mass is 15.4. The molecule has 2 aliphatic heterocycles. The molecule has 1 fully saturated rings. The highest BCUT2D eigenvalue weighted by molar-refractivity contribution is 5.94. The number of piperidine rings is 1. The second-order valence-corrected chi connectivity index (χ2v) is 9.45. The fourth-order valence-electron chi connectivity index (χ4n) is 5.25. The van der Waals surface area contributed by atoms with Crippen molar-refractivity contribution in [2.24, 2.45) is 0 Å². The van der Waals surface area contributed by atoms with Crippen molar-refractivity contribution in [2.75, 3.05) is 19.6 Å². The molecule has 7 rings (SSSR count). The van der Waals surface area contributed by atoms with Crippen molar-refractivity contribution in [1.82, 2.24) is 45.6 Å². The summed E-state index contributed by atoms with van der Waals surface area (Å²) in [5.74, 6) is 0. The predicted molar refractivity (Wildman–Crippen MR) is 134 cm³/mol. The third-order valence-electron chi connectivity index (χ3n) is 7.26. The van der Waals surface area contributed by atoms with Gasteiger partial charge in [-0.3, -0.25) is 9.78 Å². The first-order valence-corrected chi connectivity index (χ1v) is 12.3. The van der Waals surface area contributed by atoms with Gasteiger partial charge in [0.15, 0.2) is 0 Å². The molecule has 0 radical (unpaired) electrons. The normalized spacial score (nSPS) is 16.6. The van der Waals surface area contributed by atoms with Crippen molar-refractivity contribution >= 4 is 10.9 Å². The SMILES string of the molecule is c1cc2[nH]nc(-c3cn(-c4ccc5c(c4)CNCC5)nn3)c2cc1-c1cnn(C2CCNCC2)c1. The van der Waals surface area contributed by atoms with Crippen LogP contribution in [-0.4, -0.2) is 54.6 Å². The van der Waals surface area contributed by atoms with Crippen LogP contribution in [-0.2, 0) is 13.0 Å². The second kappa shape index (κ2) is 8.44. The van der Waals surface area contributed by atoms with E-state index in [1.54, 1.807) is 0 Å². The van der Waals surface area contributed by atoms with Crippen LogP contribution in [0.2, 0.25) is 0 Å². The molecule has 0 aliphatic carbocycles. The van der Waals surface area contributed by atoms with Crippen LogP contribution >= 0.6 is 0 Å². The van der Waals surface area contributed by atoms with Gasteiger partial charge in [0.05, 0.1) is 29.6 Å². The van der Waals surface area contributed by atoms with E-state index in [0.29, 0.717) is 6.04 Å². The molecule has 2 aliphatic rings. The lowest BCUT2D eigenvalue weighted by Gasteiger charge is -2.22. The molecule has 0 bridgehead atoms. The molecular weight excluding hydrogens is 438 g/mol. The number of nitrogens with zero attached hydrogens (tertiary/aromatic N) is 6. The maximum Gasteiger partial charge on any atom is 0.134 e. The van der Waals surface area contributed by atoms with Crippen molar-refractivity contribution in [1.29, 1.82) is 0 Å². The number of fused-ring (bicyclic) bond motifs is 2. The third kappa shape index (κ3) is 3.73. The first-order chi connectivity index (χ1) is 17.3. The van der Waals surface area contributed by atoms with Crippen LogP contribution in [0.4, 0.5) is 0 Å². The molecule has 0 saturated carbocycles. The highest BCUT2D eigenvalue weighted by Gasteiger charge is 2.18. The van der Waals surface area contributed by atoms with Crippen LogP contribution in [0.3, 0.4) is 0 Å². The van der Waals surface area contributed by atoms with Gasteiger partial charge in [0.1, 0.15) is 11.4 Å². The van der Waals surface area contributed by atoms with Gasteiger partial charge in [-0.05, 0) is 79.9 Å². The fraction of sp³-hybridized carbons (Fsp3) is 0.308. The van der Waals surface area contributed by atoms with E-state index in [1.165, 1.54) is 11.1 Å². The molecule has 3 aromatic heterocycles. The van der Waals surface area contributed by atoms with E-state index < -0.39 is 0 Å². The van der Waals surface area contributed by atoms with Gasteiger partial charge in [-0.2, -0.15) is 10.2 Å². The minimum atomic E-state index is 0.465. The summed E-state index contributed by atoms with van der Waals surface area (Å²) in [6.07, 6.45) is 9.37. The average molecular weight is 466 g/mol. The van der Waals surface area contributed by atoms with Crippen LogP contribution in [0.15, 0.2) is 55.0 Å². The molecule has 3 N–H and O–H groups in total. The molecule has 1 saturated heterocycles. The predicted octanol–water partition coefficient (Wildman–Crippen LogP) is 3.24. The summed E-state index contributed by atoms with van der Waals surface area (Å²) in [5.41, 5.74) is 8.50. The number of benzene rings is 2. The van der Waals surface area contributed by atoms with E-state index in [2.05, 4.69) is 83.5 Å². The van der Waals surface area contributed by atoms with Crippen LogP contribution in [0, 0.1) is 0 Å². The number of H-pyrrole nitrogens is 1. The minimum Gasteiger partial charge on any atom is -0.317 e. The molecule has 0 unspecified atom stereocenters. The molecule has 5 heterocycles. The summed E-state index contributed by atoms with van der Waals surface area (Å²) in [6.45, 7) is 4.03. The highest BCUT2D eigenvalue weighted by Crippen LogP contribution is 2.31. The maximum atomic E-state index is 4.67. The Morgan fingerprint density at radius 1 is 0.886 bits per heavy atom. The Bertz CT molecular complexity index is 1500. The number of nitrogens with one attached hydrogen (secondary N) is 3. The van der Waals surface area contributed by atoms with Gasteiger partial charge in [0.25, 0.3) is 0 Å². The van der Waals surface area contributed by atoms with E-state index in [-0.39, 0.29) is 0 Å². The first-order valence-electron chi connectivity index (χ1n) is 12.3. The fourth-order valence-corrected chi connectivity index (χ4v) is 5.25. The van der Waals surface area contributed by atoms with Crippen molar-refractivity contribution in [3.63, 3.8) is 0 Å². The van der Waals surface area contributed by atoms with E-state index >= 15 is 0 Å². The van der Waals surface area contributed by atoms with Gasteiger partial charge < -0.3 is 10.6 Å². The summed E-state index contributed by atoms with van der Waals surface area (Å²) in [6, 6.07) is 13.3. The Balaban J connectivity index is 1.20. The van der Waals surface area contributed by atoms with Crippen molar-refractivity contribution in [3.05, 3.63) is 66.1 Å². The van der Waals surface area contributed by atoms with E-state index in [0.717, 1.165) is 84.5 Å². The Labute approximate surface area is 202 Å². The van der Waals surface area contributed by atoms with Crippen LogP contribution in [0.1, 0.15) is 30.0 Å². The lowest BCUT2D eigenvalue weighted by atomic mass is 10.0. The number of aromatic nitrogens is 7. The quantitative estimate of drug-likeness (QED) is 0.377. The Morgan fingerprint density at radius 3 is 2.77 bits per heavy atom. The molecule has 35 heavy (non-hydrogen) atoms. The topological polar surface area (TPSA) is 101 Å². The minimum absolute atomic E-state index is 0.465. The lowest BCUT2D eigenvalue weighted by Crippen LogP contribution is -2.29. The summed E-state index contributed by atoms with van der Waals surface area (Å²) in [4.78, 5) is 0. The van der Waals surface area contributed by atoms with Crippen LogP contribution in [0.25, 0.3) is 39.1 Å². The van der Waals surface area contributed by atoms with E-state index in [1.807, 2.05) is 17.1 Å². The summed E-state index contributed by atoms with van der Waals surface area (Å²) >= 11 is 0. The molecular formula is C26H27N9. The third-order valence-corrected chi connectivity index (χ3v) is 7.26. The van der Waals surface area contributed by atoms with E-state index in [9.17, 15) is 0 Å². The van der Waals surface area contributed by atoms with Crippen LogP contribution in [0.5, 0.6) is 0 Å². The van der Waals surface area contributed by atoms with Gasteiger partial charge in [-0.25, -0.2) is 4.68 Å². The zero-order valence-electron chi connectivity index (χ0n) is 19.4. The van der Waals surface area contributed by atoms with Gasteiger partial charge in [0, 0.05) is 23.7 Å². The summed E-state index contributed by atoms with van der Waals surface area (Å²) in [7, 11) is 0. The number of hydrogen-bond donors (Lipinski definition) is 3. The van der Waals surface area contributed by atoms with Gasteiger partial charge >= 0.3 is 0 Å². The zero-order chi connectivity index (χ0) is 23.2. The standard InChI is InChI=1S/C26H27N9/c1-3-22(11-19-13-28-8-5-17(1)19)35-16-25(31-33-35)26-23-12-18(2-4-24(23)30-32-26)20-14-29-34(15-20)21-6-9-27-10-7-21/h1-4,11-12,14-16,21,27-28H,5-10,13H2,(H,30,32). The molecule has 2 aromatic carbocycles. The Morgan fingerprint density at radius 2 is 1.83 bits per heavy atom. The summed E-state index contributed by atoms with van der Waals surface area (Å²) < 4.78 is 3.95. The molecule has 5 aromatic rings. The van der Waals surface area contributed by atoms with E-state index in [4.69, 9.17) is 0 Å². The molecule has 0 spiro atoms.